The molecule has 112 valence electrons. The maximum absolute atomic E-state index is 12.1. The molecule has 0 fully saturated rings. The molecule has 1 rings (SSSR count). The standard InChI is InChI=1S/C16H25NO3/c1-5-8-17(9-6-2)16(19)20-14-10-13(7-3)12(4)15(18)11-14/h3,14-15,18H,5-6,8-11H2,1-2,4H3/t14-,15+/m1/s1. The minimum Gasteiger partial charge on any atom is -0.446 e. The van der Waals surface area contributed by atoms with Crippen LogP contribution in [0.1, 0.15) is 46.5 Å². The summed E-state index contributed by atoms with van der Waals surface area (Å²) in [5.41, 5.74) is 1.57. The highest BCUT2D eigenvalue weighted by atomic mass is 16.6. The van der Waals surface area contributed by atoms with Crippen molar-refractivity contribution in [1.82, 2.24) is 4.90 Å². The Morgan fingerprint density at radius 1 is 1.45 bits per heavy atom. The highest BCUT2D eigenvalue weighted by molar-refractivity contribution is 5.67. The second-order valence-corrected chi connectivity index (χ2v) is 5.25. The fraction of sp³-hybridized carbons (Fsp3) is 0.688. The van der Waals surface area contributed by atoms with Crippen molar-refractivity contribution in [3.05, 3.63) is 11.1 Å². The van der Waals surface area contributed by atoms with Crippen LogP contribution in [0.15, 0.2) is 11.1 Å². The first-order valence-electron chi connectivity index (χ1n) is 7.33. The van der Waals surface area contributed by atoms with Crippen molar-refractivity contribution in [3.63, 3.8) is 0 Å². The highest BCUT2D eigenvalue weighted by Crippen LogP contribution is 2.27. The van der Waals surface area contributed by atoms with Gasteiger partial charge in [-0.25, -0.2) is 4.79 Å². The van der Waals surface area contributed by atoms with E-state index in [1.165, 1.54) is 0 Å². The first kappa shape index (κ1) is 16.6. The highest BCUT2D eigenvalue weighted by Gasteiger charge is 2.28. The third kappa shape index (κ3) is 4.28. The molecule has 0 heterocycles. The van der Waals surface area contributed by atoms with Crippen LogP contribution in [0.2, 0.25) is 0 Å². The molecule has 20 heavy (non-hydrogen) atoms. The summed E-state index contributed by atoms with van der Waals surface area (Å²) < 4.78 is 5.51. The molecule has 4 nitrogen and oxygen atoms in total. The van der Waals surface area contributed by atoms with Crippen molar-refractivity contribution < 1.29 is 14.6 Å². The van der Waals surface area contributed by atoms with Gasteiger partial charge in [-0.1, -0.05) is 19.8 Å². The first-order valence-corrected chi connectivity index (χ1v) is 7.33. The Balaban J connectivity index is 2.65. The van der Waals surface area contributed by atoms with Crippen molar-refractivity contribution >= 4 is 6.09 Å². The van der Waals surface area contributed by atoms with Crippen LogP contribution in [-0.2, 0) is 4.74 Å². The molecule has 0 aromatic rings. The largest absolute Gasteiger partial charge is 0.446 e. The number of carbonyl (C=O) groups is 1. The SMILES string of the molecule is C#CC1=C(C)[C@@H](O)C[C@H](OC(=O)N(CCC)CCC)C1. The Morgan fingerprint density at radius 2 is 2.05 bits per heavy atom. The fourth-order valence-electron chi connectivity index (χ4n) is 2.41. The van der Waals surface area contributed by atoms with Gasteiger partial charge in [0.2, 0.25) is 0 Å². The average Bonchev–Trinajstić information content (AvgIpc) is 2.42. The zero-order valence-electron chi connectivity index (χ0n) is 12.7. The lowest BCUT2D eigenvalue weighted by Crippen LogP contribution is -2.38. The van der Waals surface area contributed by atoms with Crippen LogP contribution in [0.25, 0.3) is 0 Å². The Bertz CT molecular complexity index is 402. The number of carbonyl (C=O) groups excluding carboxylic acids is 1. The van der Waals surface area contributed by atoms with E-state index in [4.69, 9.17) is 11.2 Å². The van der Waals surface area contributed by atoms with Gasteiger partial charge in [0.15, 0.2) is 0 Å². The van der Waals surface area contributed by atoms with Gasteiger partial charge in [0.1, 0.15) is 6.10 Å². The molecule has 0 bridgehead atoms. The lowest BCUT2D eigenvalue weighted by Gasteiger charge is -2.30. The second kappa shape index (κ2) is 7.96. The van der Waals surface area contributed by atoms with E-state index in [0.29, 0.717) is 25.9 Å². The van der Waals surface area contributed by atoms with E-state index in [2.05, 4.69) is 5.92 Å². The topological polar surface area (TPSA) is 49.8 Å². The van der Waals surface area contributed by atoms with Gasteiger partial charge in [-0.2, -0.15) is 0 Å². The van der Waals surface area contributed by atoms with Gasteiger partial charge in [0.25, 0.3) is 0 Å². The smallest absolute Gasteiger partial charge is 0.410 e. The van der Waals surface area contributed by atoms with Gasteiger partial charge < -0.3 is 14.7 Å². The van der Waals surface area contributed by atoms with E-state index < -0.39 is 6.10 Å². The minimum absolute atomic E-state index is 0.304. The summed E-state index contributed by atoms with van der Waals surface area (Å²) in [5.74, 6) is 2.58. The van der Waals surface area contributed by atoms with Crippen LogP contribution in [0.5, 0.6) is 0 Å². The molecule has 0 aromatic heterocycles. The van der Waals surface area contributed by atoms with E-state index in [1.807, 2.05) is 20.8 Å². The average molecular weight is 279 g/mol. The van der Waals surface area contributed by atoms with Gasteiger partial charge >= 0.3 is 6.09 Å². The van der Waals surface area contributed by atoms with E-state index in [0.717, 1.165) is 24.0 Å². The second-order valence-electron chi connectivity index (χ2n) is 5.25. The Kier molecular flexibility index (Phi) is 6.60. The van der Waals surface area contributed by atoms with Crippen LogP contribution in [0.3, 0.4) is 0 Å². The van der Waals surface area contributed by atoms with Crippen LogP contribution >= 0.6 is 0 Å². The van der Waals surface area contributed by atoms with Crippen LogP contribution in [-0.4, -0.2) is 41.4 Å². The first-order chi connectivity index (χ1) is 9.53. The third-order valence-electron chi connectivity index (χ3n) is 3.58. The molecule has 1 amide bonds. The summed E-state index contributed by atoms with van der Waals surface area (Å²) in [4.78, 5) is 13.8. The van der Waals surface area contributed by atoms with Crippen molar-refractivity contribution in [3.8, 4) is 12.3 Å². The molecule has 1 aliphatic rings. The number of nitrogens with zero attached hydrogens (tertiary/aromatic N) is 1. The number of aliphatic hydroxyl groups excluding tert-OH is 1. The van der Waals surface area contributed by atoms with Gasteiger partial charge in [-0.05, 0) is 25.3 Å². The van der Waals surface area contributed by atoms with E-state index in [1.54, 1.807) is 4.90 Å². The number of ether oxygens (including phenoxy) is 1. The summed E-state index contributed by atoms with van der Waals surface area (Å²) in [7, 11) is 0. The predicted octanol–water partition coefficient (Wildman–Crippen LogP) is 2.72. The van der Waals surface area contributed by atoms with Crippen molar-refractivity contribution in [1.29, 1.82) is 0 Å². The molecule has 4 heteroatoms. The quantitative estimate of drug-likeness (QED) is 0.787. The number of hydrogen-bond donors (Lipinski definition) is 1. The third-order valence-corrected chi connectivity index (χ3v) is 3.58. The van der Waals surface area contributed by atoms with E-state index in [-0.39, 0.29) is 12.2 Å². The molecule has 0 unspecified atom stereocenters. The summed E-state index contributed by atoms with van der Waals surface area (Å²) >= 11 is 0. The molecule has 0 saturated carbocycles. The lowest BCUT2D eigenvalue weighted by atomic mass is 9.89. The van der Waals surface area contributed by atoms with Gasteiger partial charge in [-0.15, -0.1) is 6.42 Å². The number of amides is 1. The summed E-state index contributed by atoms with van der Waals surface area (Å²) in [6.45, 7) is 7.28. The summed E-state index contributed by atoms with van der Waals surface area (Å²) in [6.07, 6.45) is 6.94. The van der Waals surface area contributed by atoms with Crippen LogP contribution < -0.4 is 0 Å². The molecule has 1 aliphatic carbocycles. The number of hydrogen-bond acceptors (Lipinski definition) is 3. The maximum atomic E-state index is 12.1. The van der Waals surface area contributed by atoms with Gasteiger partial charge in [0, 0.05) is 31.5 Å². The normalized spacial score (nSPS) is 22.4. The summed E-state index contributed by atoms with van der Waals surface area (Å²) in [6, 6.07) is 0. The predicted molar refractivity (Wildman–Crippen MR) is 79.2 cm³/mol. The zero-order valence-corrected chi connectivity index (χ0v) is 12.7. The van der Waals surface area contributed by atoms with E-state index in [9.17, 15) is 9.90 Å². The van der Waals surface area contributed by atoms with Crippen LogP contribution in [0.4, 0.5) is 4.79 Å². The minimum atomic E-state index is -0.613. The number of aliphatic hydroxyl groups is 1. The molecule has 0 spiro atoms. The number of terminal acetylenes is 1. The Hall–Kier alpha value is -1.47. The monoisotopic (exact) mass is 279 g/mol. The van der Waals surface area contributed by atoms with E-state index >= 15 is 0 Å². The fourth-order valence-corrected chi connectivity index (χ4v) is 2.41. The number of rotatable bonds is 5. The summed E-state index contributed by atoms with van der Waals surface area (Å²) in [5, 5.41) is 9.95. The molecule has 0 aliphatic heterocycles. The molecule has 1 N–H and O–H groups in total. The Morgan fingerprint density at radius 3 is 2.55 bits per heavy atom. The lowest BCUT2D eigenvalue weighted by molar-refractivity contribution is 0.0345. The molecule has 0 saturated heterocycles. The molecule has 0 radical (unpaired) electrons. The zero-order chi connectivity index (χ0) is 15.1. The van der Waals surface area contributed by atoms with Gasteiger partial charge in [-0.3, -0.25) is 0 Å². The van der Waals surface area contributed by atoms with Crippen molar-refractivity contribution in [2.75, 3.05) is 13.1 Å². The Labute approximate surface area is 121 Å². The molecule has 0 aromatic carbocycles. The van der Waals surface area contributed by atoms with Crippen molar-refractivity contribution in [2.45, 2.75) is 58.7 Å². The van der Waals surface area contributed by atoms with Gasteiger partial charge in [0.05, 0.1) is 6.10 Å². The molecular formula is C16H25NO3. The van der Waals surface area contributed by atoms with Crippen molar-refractivity contribution in [2.24, 2.45) is 0 Å². The van der Waals surface area contributed by atoms with Crippen LogP contribution in [0, 0.1) is 12.3 Å². The maximum Gasteiger partial charge on any atom is 0.410 e. The molecular weight excluding hydrogens is 254 g/mol. The molecule has 2 atom stereocenters.